The maximum absolute atomic E-state index is 14.3. The van der Waals surface area contributed by atoms with E-state index >= 15 is 0 Å². The highest BCUT2D eigenvalue weighted by molar-refractivity contribution is 6.09. The van der Waals surface area contributed by atoms with E-state index in [2.05, 4.69) is 0 Å². The van der Waals surface area contributed by atoms with Gasteiger partial charge in [-0.05, 0) is 19.1 Å². The number of nitriles is 1. The number of aryl methyl sites for hydroxylation is 1. The molecule has 1 heterocycles. The smallest absolute Gasteiger partial charge is 0.294 e. The second kappa shape index (κ2) is 7.84. The molecule has 0 bridgehead atoms. The third-order valence-corrected chi connectivity index (χ3v) is 4.46. The molecule has 3 aromatic rings. The first-order valence-corrected chi connectivity index (χ1v) is 8.41. The van der Waals surface area contributed by atoms with Gasteiger partial charge in [-0.2, -0.15) is 18.4 Å². The number of hydrogen-bond acceptors (Lipinski definition) is 3. The molecule has 0 amide bonds. The molecule has 0 aliphatic heterocycles. The zero-order valence-corrected chi connectivity index (χ0v) is 15.8. The number of nitrogens with zero attached hydrogens (tertiary/aromatic N) is 2. The Balaban J connectivity index is 2.22. The first-order valence-electron chi connectivity index (χ1n) is 8.41. The number of carbonyl (C=O) groups excluding carboxylic acids is 1. The van der Waals surface area contributed by atoms with E-state index < -0.39 is 86.1 Å². The van der Waals surface area contributed by atoms with Crippen LogP contribution in [0.15, 0.2) is 16.9 Å². The van der Waals surface area contributed by atoms with Crippen LogP contribution in [-0.4, -0.2) is 15.6 Å². The molecular formula is C19H6F9N3O2. The van der Waals surface area contributed by atoms with Crippen LogP contribution in [0.1, 0.15) is 32.7 Å². The van der Waals surface area contributed by atoms with Crippen molar-refractivity contribution in [3.8, 4) is 11.8 Å². The van der Waals surface area contributed by atoms with Crippen molar-refractivity contribution in [2.24, 2.45) is 0 Å². The highest BCUT2D eigenvalue weighted by Crippen LogP contribution is 2.34. The molecule has 0 radical (unpaired) electrons. The average Bonchev–Trinajstić information content (AvgIpc) is 2.98. The van der Waals surface area contributed by atoms with E-state index in [0.717, 1.165) is 13.0 Å². The average molecular weight is 479 g/mol. The van der Waals surface area contributed by atoms with Crippen LogP contribution in [0.3, 0.4) is 0 Å². The van der Waals surface area contributed by atoms with Gasteiger partial charge in [0.15, 0.2) is 23.3 Å². The fraction of sp³-hybridized carbons (Fsp3) is 0.105. The number of halogens is 9. The monoisotopic (exact) mass is 479 g/mol. The molecule has 0 aliphatic carbocycles. The van der Waals surface area contributed by atoms with Gasteiger partial charge >= 0.3 is 6.18 Å². The van der Waals surface area contributed by atoms with Crippen LogP contribution in [0.2, 0.25) is 0 Å². The lowest BCUT2D eigenvalue weighted by Crippen LogP contribution is -2.24. The highest BCUT2D eigenvalue weighted by Gasteiger charge is 2.39. The van der Waals surface area contributed by atoms with Crippen molar-refractivity contribution < 1.29 is 44.3 Å². The Labute approximate surface area is 176 Å². The fourth-order valence-corrected chi connectivity index (χ4v) is 3.01. The minimum absolute atomic E-state index is 0.00727. The molecule has 1 N–H and O–H groups in total. The van der Waals surface area contributed by atoms with Crippen molar-refractivity contribution in [1.82, 2.24) is 9.78 Å². The Morgan fingerprint density at radius 1 is 0.970 bits per heavy atom. The summed E-state index contributed by atoms with van der Waals surface area (Å²) >= 11 is 0. The molecule has 0 unspecified atom stereocenters. The van der Waals surface area contributed by atoms with Crippen LogP contribution in [0.5, 0.6) is 0 Å². The highest BCUT2D eigenvalue weighted by atomic mass is 19.4. The van der Waals surface area contributed by atoms with Gasteiger partial charge in [-0.3, -0.25) is 14.7 Å². The fourth-order valence-electron chi connectivity index (χ4n) is 3.01. The summed E-state index contributed by atoms with van der Waals surface area (Å²) in [5.74, 6) is -14.6. The maximum atomic E-state index is 14.3. The molecule has 2 aromatic carbocycles. The minimum Gasteiger partial charge on any atom is -0.294 e. The molecule has 14 heteroatoms. The summed E-state index contributed by atoms with van der Waals surface area (Å²) in [6, 6.07) is 0.873. The molecule has 1 aromatic heterocycles. The molecule has 0 spiro atoms. The van der Waals surface area contributed by atoms with Crippen LogP contribution in [-0.2, 0) is 6.18 Å². The van der Waals surface area contributed by atoms with E-state index in [1.165, 1.54) is 0 Å². The SMILES string of the molecule is Cc1[nH]n(-c2c(F)c(F)c(C#N)c(F)c2F)c(=O)c1C(=O)c1cc(F)c(C(F)(F)F)c(F)c1. The van der Waals surface area contributed by atoms with E-state index in [1.807, 2.05) is 5.10 Å². The van der Waals surface area contributed by atoms with Crippen molar-refractivity contribution in [2.75, 3.05) is 0 Å². The number of alkyl halides is 3. The van der Waals surface area contributed by atoms with E-state index in [1.54, 1.807) is 0 Å². The summed E-state index contributed by atoms with van der Waals surface area (Å²) < 4.78 is 122. The zero-order valence-electron chi connectivity index (χ0n) is 15.8. The first kappa shape index (κ1) is 23.6. The number of benzene rings is 2. The number of aromatic nitrogens is 2. The molecule has 172 valence electrons. The summed E-state index contributed by atoms with van der Waals surface area (Å²) in [6.45, 7) is 0.952. The van der Waals surface area contributed by atoms with Gasteiger partial charge in [0.2, 0.25) is 5.78 Å². The van der Waals surface area contributed by atoms with Gasteiger partial charge in [0, 0.05) is 11.3 Å². The number of hydrogen-bond donors (Lipinski definition) is 1. The predicted molar refractivity (Wildman–Crippen MR) is 90.5 cm³/mol. The standard InChI is InChI=1S/C19H6F9N3O2/c1-5-10(17(32)6-2-8(20)11(9(21)3-6)19(26,27)28)18(33)31(30-5)16-14(24)12(22)7(4-29)13(23)15(16)25/h2-3,30H,1H3. The van der Waals surface area contributed by atoms with Gasteiger partial charge in [-0.15, -0.1) is 0 Å². The number of H-pyrrole nitrogens is 1. The van der Waals surface area contributed by atoms with Crippen molar-refractivity contribution in [3.63, 3.8) is 0 Å². The van der Waals surface area contributed by atoms with Gasteiger partial charge < -0.3 is 0 Å². The second-order valence-corrected chi connectivity index (χ2v) is 6.49. The molecule has 0 saturated heterocycles. The van der Waals surface area contributed by atoms with Gasteiger partial charge in [-0.25, -0.2) is 31.0 Å². The van der Waals surface area contributed by atoms with E-state index in [9.17, 15) is 49.1 Å². The summed E-state index contributed by atoms with van der Waals surface area (Å²) in [5.41, 5.74) is -9.89. The maximum Gasteiger partial charge on any atom is 0.422 e. The topological polar surface area (TPSA) is 78.7 Å². The Kier molecular flexibility index (Phi) is 5.61. The van der Waals surface area contributed by atoms with E-state index in [4.69, 9.17) is 5.26 Å². The molecule has 0 atom stereocenters. The second-order valence-electron chi connectivity index (χ2n) is 6.49. The Bertz CT molecular complexity index is 1380. The molecule has 0 aliphatic rings. The lowest BCUT2D eigenvalue weighted by atomic mass is 10.0. The van der Waals surface area contributed by atoms with Crippen LogP contribution < -0.4 is 5.56 Å². The molecular weight excluding hydrogens is 473 g/mol. The summed E-state index contributed by atoms with van der Waals surface area (Å²) in [4.78, 5) is 25.2. The normalized spacial score (nSPS) is 11.5. The lowest BCUT2D eigenvalue weighted by Gasteiger charge is -2.10. The number of rotatable bonds is 3. The van der Waals surface area contributed by atoms with Crippen LogP contribution in [0, 0.1) is 53.2 Å². The number of ketones is 1. The van der Waals surface area contributed by atoms with Crippen molar-refractivity contribution >= 4 is 5.78 Å². The van der Waals surface area contributed by atoms with Gasteiger partial charge in [0.25, 0.3) is 5.56 Å². The molecule has 5 nitrogen and oxygen atoms in total. The lowest BCUT2D eigenvalue weighted by molar-refractivity contribution is -0.142. The van der Waals surface area contributed by atoms with Gasteiger partial charge in [-0.1, -0.05) is 0 Å². The Morgan fingerprint density at radius 2 is 1.45 bits per heavy atom. The predicted octanol–water partition coefficient (Wildman–Crippen LogP) is 4.43. The number of carbonyl (C=O) groups is 1. The summed E-state index contributed by atoms with van der Waals surface area (Å²) in [6.07, 6.45) is -5.44. The first-order chi connectivity index (χ1) is 15.2. The van der Waals surface area contributed by atoms with E-state index in [0.29, 0.717) is 0 Å². The summed E-state index contributed by atoms with van der Waals surface area (Å²) in [5, 5.41) is 10.5. The quantitative estimate of drug-likeness (QED) is 0.343. The Hall–Kier alpha value is -4.02. The van der Waals surface area contributed by atoms with Crippen LogP contribution in [0.4, 0.5) is 39.5 Å². The minimum atomic E-state index is -5.44. The van der Waals surface area contributed by atoms with Crippen molar-refractivity contribution in [1.29, 1.82) is 5.26 Å². The van der Waals surface area contributed by atoms with Crippen LogP contribution in [0.25, 0.3) is 5.69 Å². The molecule has 0 fully saturated rings. The van der Waals surface area contributed by atoms with Gasteiger partial charge in [0.1, 0.15) is 40.1 Å². The zero-order chi connectivity index (χ0) is 25.0. The number of aromatic amines is 1. The van der Waals surface area contributed by atoms with Crippen molar-refractivity contribution in [3.05, 3.63) is 85.3 Å². The van der Waals surface area contributed by atoms with Gasteiger partial charge in [0.05, 0.1) is 0 Å². The van der Waals surface area contributed by atoms with E-state index in [-0.39, 0.29) is 16.8 Å². The third kappa shape index (κ3) is 3.65. The molecule has 3 rings (SSSR count). The third-order valence-electron chi connectivity index (χ3n) is 4.46. The largest absolute Gasteiger partial charge is 0.422 e. The molecule has 33 heavy (non-hydrogen) atoms. The van der Waals surface area contributed by atoms with Crippen LogP contribution >= 0.6 is 0 Å². The Morgan fingerprint density at radius 3 is 1.88 bits per heavy atom. The number of nitrogens with one attached hydrogen (secondary N) is 1. The van der Waals surface area contributed by atoms with Crippen molar-refractivity contribution in [2.45, 2.75) is 13.1 Å². The molecule has 0 saturated carbocycles. The summed E-state index contributed by atoms with van der Waals surface area (Å²) in [7, 11) is 0.